The Balaban J connectivity index is 4.80. The molecule has 0 aromatic heterocycles. The smallest absolute Gasteiger partial charge is 0.326 e. The highest BCUT2D eigenvalue weighted by atomic mass is 16.4. The number of hydrogen-bond acceptors (Lipinski definition) is 5. The number of aliphatic carboxylic acids is 3. The van der Waals surface area contributed by atoms with E-state index < -0.39 is 54.6 Å². The van der Waals surface area contributed by atoms with E-state index >= 15 is 0 Å². The van der Waals surface area contributed by atoms with E-state index in [1.54, 1.807) is 0 Å². The van der Waals surface area contributed by atoms with E-state index in [9.17, 15) is 24.0 Å². The maximum atomic E-state index is 11.8. The average Bonchev–Trinajstić information content (AvgIpc) is 2.31. The first kappa shape index (κ1) is 18.4. The Morgan fingerprint density at radius 2 is 1.48 bits per heavy atom. The molecule has 0 aromatic carbocycles. The number of amides is 2. The van der Waals surface area contributed by atoms with Crippen molar-refractivity contribution in [1.82, 2.24) is 10.6 Å². The van der Waals surface area contributed by atoms with Gasteiger partial charge in [-0.1, -0.05) is 0 Å². The minimum Gasteiger partial charge on any atom is -0.481 e. The van der Waals surface area contributed by atoms with Crippen LogP contribution < -0.4 is 10.6 Å². The van der Waals surface area contributed by atoms with E-state index in [4.69, 9.17) is 15.3 Å². The molecule has 0 heterocycles. The zero-order valence-corrected chi connectivity index (χ0v) is 11.2. The van der Waals surface area contributed by atoms with Crippen molar-refractivity contribution in [3.63, 3.8) is 0 Å². The van der Waals surface area contributed by atoms with E-state index in [-0.39, 0.29) is 6.42 Å². The average molecular weight is 304 g/mol. The lowest BCUT2D eigenvalue weighted by molar-refractivity contribution is -0.144. The van der Waals surface area contributed by atoms with Gasteiger partial charge in [-0.15, -0.1) is 0 Å². The van der Waals surface area contributed by atoms with Crippen LogP contribution in [0.1, 0.15) is 26.2 Å². The molecule has 10 nitrogen and oxygen atoms in total. The SMILES string of the molecule is CC(=O)N[C@@H](CC(=O)O)C(=O)N[C@H](CCC(=O)O)C(=O)O. The highest BCUT2D eigenvalue weighted by Gasteiger charge is 2.27. The van der Waals surface area contributed by atoms with Crippen molar-refractivity contribution in [2.24, 2.45) is 0 Å². The summed E-state index contributed by atoms with van der Waals surface area (Å²) >= 11 is 0. The summed E-state index contributed by atoms with van der Waals surface area (Å²) in [5.41, 5.74) is 0. The van der Waals surface area contributed by atoms with Gasteiger partial charge in [-0.05, 0) is 6.42 Å². The normalized spacial score (nSPS) is 12.8. The predicted octanol–water partition coefficient (Wildman–Crippen LogP) is -1.60. The summed E-state index contributed by atoms with van der Waals surface area (Å²) in [6, 6.07) is -2.93. The Hall–Kier alpha value is -2.65. The van der Waals surface area contributed by atoms with Gasteiger partial charge in [0.2, 0.25) is 11.8 Å². The number of hydrogen-bond donors (Lipinski definition) is 5. The third kappa shape index (κ3) is 8.18. The van der Waals surface area contributed by atoms with Gasteiger partial charge in [0.25, 0.3) is 0 Å². The van der Waals surface area contributed by atoms with Gasteiger partial charge < -0.3 is 26.0 Å². The zero-order chi connectivity index (χ0) is 16.6. The molecule has 10 heteroatoms. The Kier molecular flexibility index (Phi) is 7.43. The Labute approximate surface area is 119 Å². The first-order chi connectivity index (χ1) is 9.63. The summed E-state index contributed by atoms with van der Waals surface area (Å²) < 4.78 is 0. The summed E-state index contributed by atoms with van der Waals surface area (Å²) in [5, 5.41) is 30.1. The number of rotatable bonds is 9. The topological polar surface area (TPSA) is 170 Å². The van der Waals surface area contributed by atoms with Gasteiger partial charge in [0.1, 0.15) is 12.1 Å². The molecule has 0 fully saturated rings. The number of carbonyl (C=O) groups excluding carboxylic acids is 2. The highest BCUT2D eigenvalue weighted by molar-refractivity contribution is 5.92. The minimum absolute atomic E-state index is 0.365. The lowest BCUT2D eigenvalue weighted by Crippen LogP contribution is -2.52. The molecule has 118 valence electrons. The molecule has 0 aliphatic carbocycles. The summed E-state index contributed by atoms with van der Waals surface area (Å²) in [6.07, 6.45) is -1.58. The second-order valence-corrected chi connectivity index (χ2v) is 4.18. The monoisotopic (exact) mass is 304 g/mol. The van der Waals surface area contributed by atoms with E-state index in [0.717, 1.165) is 6.92 Å². The Morgan fingerprint density at radius 1 is 0.905 bits per heavy atom. The van der Waals surface area contributed by atoms with Crippen LogP contribution >= 0.6 is 0 Å². The standard InChI is InChI=1S/C11H16N2O8/c1-5(14)12-7(4-9(17)18)10(19)13-6(11(20)21)2-3-8(15)16/h6-7H,2-4H2,1H3,(H,12,14)(H,13,19)(H,15,16)(H,17,18)(H,20,21)/t6-,7+/m1/s1. The molecule has 0 aliphatic heterocycles. The lowest BCUT2D eigenvalue weighted by atomic mass is 10.1. The molecule has 0 aliphatic rings. The molecular weight excluding hydrogens is 288 g/mol. The number of carbonyl (C=O) groups is 5. The molecule has 0 spiro atoms. The van der Waals surface area contributed by atoms with Crippen molar-refractivity contribution in [2.75, 3.05) is 0 Å². The minimum atomic E-state index is -1.49. The molecule has 21 heavy (non-hydrogen) atoms. The van der Waals surface area contributed by atoms with Gasteiger partial charge in [0, 0.05) is 13.3 Å². The predicted molar refractivity (Wildman–Crippen MR) is 66.3 cm³/mol. The summed E-state index contributed by atoms with van der Waals surface area (Å²) in [7, 11) is 0. The largest absolute Gasteiger partial charge is 0.481 e. The van der Waals surface area contributed by atoms with E-state index in [2.05, 4.69) is 5.32 Å². The molecule has 2 amide bonds. The third-order valence-corrected chi connectivity index (χ3v) is 2.33. The van der Waals surface area contributed by atoms with Crippen LogP contribution in [0.3, 0.4) is 0 Å². The van der Waals surface area contributed by atoms with Gasteiger partial charge in [-0.3, -0.25) is 19.2 Å². The van der Waals surface area contributed by atoms with Crippen molar-refractivity contribution in [3.05, 3.63) is 0 Å². The molecule has 0 saturated heterocycles. The van der Waals surface area contributed by atoms with Crippen LogP contribution in [0.2, 0.25) is 0 Å². The number of nitrogens with one attached hydrogen (secondary N) is 2. The fraction of sp³-hybridized carbons (Fsp3) is 0.545. The third-order valence-electron chi connectivity index (χ3n) is 2.33. The maximum Gasteiger partial charge on any atom is 0.326 e. The van der Waals surface area contributed by atoms with Crippen LogP contribution in [0.5, 0.6) is 0 Å². The van der Waals surface area contributed by atoms with Gasteiger partial charge in [0.15, 0.2) is 0 Å². The van der Waals surface area contributed by atoms with E-state index in [1.165, 1.54) is 0 Å². The van der Waals surface area contributed by atoms with Crippen molar-refractivity contribution >= 4 is 29.7 Å². The van der Waals surface area contributed by atoms with Gasteiger partial charge >= 0.3 is 17.9 Å². The molecule has 0 saturated carbocycles. The molecular formula is C11H16N2O8. The van der Waals surface area contributed by atoms with Crippen molar-refractivity contribution < 1.29 is 39.3 Å². The molecule has 2 atom stereocenters. The Bertz CT molecular complexity index is 432. The van der Waals surface area contributed by atoms with Gasteiger partial charge in [-0.25, -0.2) is 4.79 Å². The second-order valence-electron chi connectivity index (χ2n) is 4.18. The number of carboxylic acid groups (broad SMARTS) is 3. The highest BCUT2D eigenvalue weighted by Crippen LogP contribution is 2.01. The first-order valence-corrected chi connectivity index (χ1v) is 5.87. The van der Waals surface area contributed by atoms with Crippen LogP contribution in [0.15, 0.2) is 0 Å². The summed E-state index contributed by atoms with van der Waals surface area (Å²) in [6.45, 7) is 1.07. The fourth-order valence-corrected chi connectivity index (χ4v) is 1.43. The summed E-state index contributed by atoms with van der Waals surface area (Å²) in [5.74, 6) is -5.72. The van der Waals surface area contributed by atoms with Gasteiger partial charge in [0.05, 0.1) is 6.42 Å². The van der Waals surface area contributed by atoms with Crippen LogP contribution in [0.25, 0.3) is 0 Å². The van der Waals surface area contributed by atoms with Crippen molar-refractivity contribution in [2.45, 2.75) is 38.3 Å². The first-order valence-electron chi connectivity index (χ1n) is 5.87. The molecule has 0 radical (unpaired) electrons. The number of carboxylic acids is 3. The lowest BCUT2D eigenvalue weighted by Gasteiger charge is -2.19. The Morgan fingerprint density at radius 3 is 1.86 bits per heavy atom. The molecule has 0 aromatic rings. The molecule has 0 bridgehead atoms. The van der Waals surface area contributed by atoms with Crippen LogP contribution in [-0.4, -0.2) is 57.1 Å². The summed E-state index contributed by atoms with van der Waals surface area (Å²) in [4.78, 5) is 54.6. The molecule has 0 unspecified atom stereocenters. The van der Waals surface area contributed by atoms with Gasteiger partial charge in [-0.2, -0.15) is 0 Å². The zero-order valence-electron chi connectivity index (χ0n) is 11.2. The quantitative estimate of drug-likeness (QED) is 0.339. The molecule has 5 N–H and O–H groups in total. The van der Waals surface area contributed by atoms with Crippen molar-refractivity contribution in [1.29, 1.82) is 0 Å². The fourth-order valence-electron chi connectivity index (χ4n) is 1.43. The van der Waals surface area contributed by atoms with Crippen LogP contribution in [0, 0.1) is 0 Å². The van der Waals surface area contributed by atoms with E-state index in [1.807, 2.05) is 5.32 Å². The molecule has 0 rings (SSSR count). The second kappa shape index (κ2) is 8.51. The van der Waals surface area contributed by atoms with Crippen molar-refractivity contribution in [3.8, 4) is 0 Å². The van der Waals surface area contributed by atoms with Crippen LogP contribution in [-0.2, 0) is 24.0 Å². The maximum absolute atomic E-state index is 11.8. The van der Waals surface area contributed by atoms with E-state index in [0.29, 0.717) is 0 Å². The van der Waals surface area contributed by atoms with Crippen LogP contribution in [0.4, 0.5) is 0 Å².